The highest BCUT2D eigenvalue weighted by Crippen LogP contribution is 2.33. The SMILES string of the molecule is CC[C@H](C)NC(=O)c1cc(-c2ccc(OC)cc2OC)nn1-c1cccc(Cl)c1. The molecule has 1 atom stereocenters. The fraction of sp³-hybridized carbons (Fsp3) is 0.273. The summed E-state index contributed by atoms with van der Waals surface area (Å²) in [6, 6.07) is 14.5. The summed E-state index contributed by atoms with van der Waals surface area (Å²) in [4.78, 5) is 12.9. The predicted octanol–water partition coefficient (Wildman–Crippen LogP) is 4.74. The normalized spacial score (nSPS) is 11.8. The molecule has 3 rings (SSSR count). The monoisotopic (exact) mass is 413 g/mol. The van der Waals surface area contributed by atoms with Crippen LogP contribution in [0.5, 0.6) is 11.5 Å². The zero-order valence-electron chi connectivity index (χ0n) is 16.9. The zero-order valence-corrected chi connectivity index (χ0v) is 17.7. The van der Waals surface area contributed by atoms with E-state index < -0.39 is 0 Å². The molecule has 6 nitrogen and oxygen atoms in total. The fourth-order valence-electron chi connectivity index (χ4n) is 2.89. The molecule has 0 aliphatic carbocycles. The molecular formula is C22H24ClN3O3. The maximum Gasteiger partial charge on any atom is 0.270 e. The van der Waals surface area contributed by atoms with Gasteiger partial charge in [0.15, 0.2) is 0 Å². The van der Waals surface area contributed by atoms with Gasteiger partial charge in [-0.15, -0.1) is 0 Å². The van der Waals surface area contributed by atoms with Gasteiger partial charge in [-0.25, -0.2) is 4.68 Å². The van der Waals surface area contributed by atoms with Crippen LogP contribution in [0.2, 0.25) is 5.02 Å². The second-order valence-corrected chi connectivity index (χ2v) is 7.09. The number of carbonyl (C=O) groups is 1. The average molecular weight is 414 g/mol. The van der Waals surface area contributed by atoms with Gasteiger partial charge in [-0.05, 0) is 49.7 Å². The summed E-state index contributed by atoms with van der Waals surface area (Å²) < 4.78 is 12.4. The van der Waals surface area contributed by atoms with Crippen molar-refractivity contribution in [2.45, 2.75) is 26.3 Å². The molecule has 1 amide bonds. The topological polar surface area (TPSA) is 65.4 Å². The Morgan fingerprint density at radius 3 is 2.62 bits per heavy atom. The van der Waals surface area contributed by atoms with E-state index in [2.05, 4.69) is 10.4 Å². The molecule has 0 spiro atoms. The van der Waals surface area contributed by atoms with Crippen LogP contribution in [0.4, 0.5) is 0 Å². The predicted molar refractivity (Wildman–Crippen MR) is 114 cm³/mol. The van der Waals surface area contributed by atoms with Crippen LogP contribution in [0.25, 0.3) is 16.9 Å². The van der Waals surface area contributed by atoms with Gasteiger partial charge < -0.3 is 14.8 Å². The van der Waals surface area contributed by atoms with Crippen molar-refractivity contribution in [3.8, 4) is 28.4 Å². The largest absolute Gasteiger partial charge is 0.497 e. The van der Waals surface area contributed by atoms with E-state index in [9.17, 15) is 4.79 Å². The number of halogens is 1. The standard InChI is InChI=1S/C22H24ClN3O3/c1-5-14(2)24-22(27)20-13-19(18-10-9-17(28-3)12-21(18)29-4)25-26(20)16-8-6-7-15(23)11-16/h6-14H,5H2,1-4H3,(H,24,27)/t14-/m0/s1. The third kappa shape index (κ3) is 4.54. The van der Waals surface area contributed by atoms with E-state index in [1.807, 2.05) is 38.1 Å². The van der Waals surface area contributed by atoms with Crippen molar-refractivity contribution in [3.63, 3.8) is 0 Å². The van der Waals surface area contributed by atoms with E-state index in [0.29, 0.717) is 33.6 Å². The smallest absolute Gasteiger partial charge is 0.270 e. The van der Waals surface area contributed by atoms with Crippen LogP contribution in [-0.2, 0) is 0 Å². The molecule has 7 heteroatoms. The Morgan fingerprint density at radius 2 is 1.97 bits per heavy atom. The Labute approximate surface area is 175 Å². The Bertz CT molecular complexity index is 1020. The molecule has 0 aliphatic heterocycles. The van der Waals surface area contributed by atoms with E-state index >= 15 is 0 Å². The number of nitrogens with zero attached hydrogens (tertiary/aromatic N) is 2. The maximum atomic E-state index is 12.9. The number of rotatable bonds is 7. The van der Waals surface area contributed by atoms with Crippen molar-refractivity contribution in [2.24, 2.45) is 0 Å². The van der Waals surface area contributed by atoms with Crippen LogP contribution >= 0.6 is 11.6 Å². The molecule has 3 aromatic rings. The molecule has 0 bridgehead atoms. The number of carbonyl (C=O) groups excluding carboxylic acids is 1. The lowest BCUT2D eigenvalue weighted by Gasteiger charge is -2.12. The Morgan fingerprint density at radius 1 is 1.17 bits per heavy atom. The van der Waals surface area contributed by atoms with Gasteiger partial charge in [0, 0.05) is 22.7 Å². The van der Waals surface area contributed by atoms with Gasteiger partial charge in [-0.2, -0.15) is 5.10 Å². The van der Waals surface area contributed by atoms with Crippen LogP contribution < -0.4 is 14.8 Å². The second kappa shape index (κ2) is 9.01. The Kier molecular flexibility index (Phi) is 6.44. The minimum Gasteiger partial charge on any atom is -0.497 e. The van der Waals surface area contributed by atoms with Crippen molar-refractivity contribution in [1.29, 1.82) is 0 Å². The van der Waals surface area contributed by atoms with Crippen LogP contribution in [0.15, 0.2) is 48.5 Å². The van der Waals surface area contributed by atoms with E-state index in [1.54, 1.807) is 43.2 Å². The highest BCUT2D eigenvalue weighted by molar-refractivity contribution is 6.30. The van der Waals surface area contributed by atoms with E-state index in [4.69, 9.17) is 21.1 Å². The molecule has 0 aliphatic rings. The summed E-state index contributed by atoms with van der Waals surface area (Å²) in [5.74, 6) is 1.08. The third-order valence-corrected chi connectivity index (χ3v) is 4.90. The number of hydrogen-bond donors (Lipinski definition) is 1. The van der Waals surface area contributed by atoms with Crippen molar-refractivity contribution in [2.75, 3.05) is 14.2 Å². The molecule has 1 aromatic heterocycles. The van der Waals surface area contributed by atoms with Crippen LogP contribution in [-0.4, -0.2) is 35.9 Å². The molecule has 29 heavy (non-hydrogen) atoms. The van der Waals surface area contributed by atoms with Crippen molar-refractivity contribution < 1.29 is 14.3 Å². The number of nitrogens with one attached hydrogen (secondary N) is 1. The van der Waals surface area contributed by atoms with E-state index in [0.717, 1.165) is 12.0 Å². The number of ether oxygens (including phenoxy) is 2. The van der Waals surface area contributed by atoms with Crippen molar-refractivity contribution in [1.82, 2.24) is 15.1 Å². The molecule has 0 saturated heterocycles. The Balaban J connectivity index is 2.13. The Hall–Kier alpha value is -2.99. The second-order valence-electron chi connectivity index (χ2n) is 6.66. The fourth-order valence-corrected chi connectivity index (χ4v) is 3.07. The molecule has 1 N–H and O–H groups in total. The third-order valence-electron chi connectivity index (χ3n) is 4.67. The summed E-state index contributed by atoms with van der Waals surface area (Å²) >= 11 is 6.16. The average Bonchev–Trinajstić information content (AvgIpc) is 3.18. The van der Waals surface area contributed by atoms with Gasteiger partial charge in [-0.1, -0.05) is 24.6 Å². The van der Waals surface area contributed by atoms with Gasteiger partial charge in [0.1, 0.15) is 17.2 Å². The quantitative estimate of drug-likeness (QED) is 0.607. The van der Waals surface area contributed by atoms with Gasteiger partial charge in [0.05, 0.1) is 25.6 Å². The molecule has 1 heterocycles. The number of amides is 1. The van der Waals surface area contributed by atoms with Crippen LogP contribution in [0, 0.1) is 0 Å². The lowest BCUT2D eigenvalue weighted by molar-refractivity contribution is 0.0931. The van der Waals surface area contributed by atoms with Gasteiger partial charge in [0.25, 0.3) is 5.91 Å². The molecule has 152 valence electrons. The summed E-state index contributed by atoms with van der Waals surface area (Å²) in [5, 5.41) is 8.25. The van der Waals surface area contributed by atoms with Crippen molar-refractivity contribution in [3.05, 3.63) is 59.2 Å². The lowest BCUT2D eigenvalue weighted by atomic mass is 10.1. The molecule has 0 fully saturated rings. The van der Waals surface area contributed by atoms with E-state index in [-0.39, 0.29) is 11.9 Å². The maximum absolute atomic E-state index is 12.9. The summed E-state index contributed by atoms with van der Waals surface area (Å²) in [6.45, 7) is 3.98. The molecule has 0 saturated carbocycles. The molecule has 0 unspecified atom stereocenters. The first-order valence-electron chi connectivity index (χ1n) is 9.36. The van der Waals surface area contributed by atoms with E-state index in [1.165, 1.54) is 0 Å². The van der Waals surface area contributed by atoms with Gasteiger partial charge in [-0.3, -0.25) is 4.79 Å². The van der Waals surface area contributed by atoms with Crippen molar-refractivity contribution >= 4 is 17.5 Å². The zero-order chi connectivity index (χ0) is 21.0. The van der Waals surface area contributed by atoms with Gasteiger partial charge in [0.2, 0.25) is 0 Å². The number of hydrogen-bond acceptors (Lipinski definition) is 4. The minimum absolute atomic E-state index is 0.0455. The minimum atomic E-state index is -0.203. The highest BCUT2D eigenvalue weighted by atomic mass is 35.5. The summed E-state index contributed by atoms with van der Waals surface area (Å²) in [5.41, 5.74) is 2.48. The summed E-state index contributed by atoms with van der Waals surface area (Å²) in [7, 11) is 3.18. The van der Waals surface area contributed by atoms with Crippen LogP contribution in [0.3, 0.4) is 0 Å². The number of aromatic nitrogens is 2. The molecule has 0 radical (unpaired) electrons. The number of benzene rings is 2. The summed E-state index contributed by atoms with van der Waals surface area (Å²) in [6.07, 6.45) is 0.830. The van der Waals surface area contributed by atoms with Crippen LogP contribution in [0.1, 0.15) is 30.8 Å². The lowest BCUT2D eigenvalue weighted by Crippen LogP contribution is -2.33. The highest BCUT2D eigenvalue weighted by Gasteiger charge is 2.20. The molecular weight excluding hydrogens is 390 g/mol. The first-order chi connectivity index (χ1) is 14.0. The molecule has 2 aromatic carbocycles. The number of methoxy groups -OCH3 is 2. The first-order valence-corrected chi connectivity index (χ1v) is 9.73. The first kappa shape index (κ1) is 20.7. The van der Waals surface area contributed by atoms with Gasteiger partial charge >= 0.3 is 0 Å².